The summed E-state index contributed by atoms with van der Waals surface area (Å²) in [6.07, 6.45) is 0. The van der Waals surface area contributed by atoms with Crippen LogP contribution < -0.4 is 11.1 Å². The molecule has 6 heteroatoms. The normalized spacial score (nSPS) is 10.7. The van der Waals surface area contributed by atoms with Crippen molar-refractivity contribution in [1.29, 1.82) is 0 Å². The summed E-state index contributed by atoms with van der Waals surface area (Å²) < 4.78 is 0. The number of carbonyl (C=O) groups excluding carboxylic acids is 1. The molecule has 0 radical (unpaired) electrons. The molecule has 0 aliphatic heterocycles. The number of rotatable bonds is 6. The third-order valence-electron chi connectivity index (χ3n) is 3.04. The average Bonchev–Trinajstić information content (AvgIpc) is 2.47. The number of nitrogens with two attached hydrogens (primary N) is 1. The van der Waals surface area contributed by atoms with Crippen LogP contribution in [0, 0.1) is 0 Å². The Balaban J connectivity index is 0.00000400. The van der Waals surface area contributed by atoms with Gasteiger partial charge in [-0.05, 0) is 38.5 Å². The summed E-state index contributed by atoms with van der Waals surface area (Å²) in [6, 6.07) is 7.46. The van der Waals surface area contributed by atoms with Crippen LogP contribution in [0.5, 0.6) is 0 Å². The lowest BCUT2D eigenvalue weighted by Crippen LogP contribution is -2.37. The molecule has 5 nitrogen and oxygen atoms in total. The summed E-state index contributed by atoms with van der Waals surface area (Å²) in [7, 11) is 0. The number of nitrogens with one attached hydrogen (secondary N) is 1. The molecule has 0 aliphatic rings. The predicted molar refractivity (Wildman–Crippen MR) is 98.1 cm³/mol. The van der Waals surface area contributed by atoms with Crippen LogP contribution in [0.25, 0.3) is 0 Å². The average molecular weight is 404 g/mol. The molecule has 0 bridgehead atoms. The minimum absolute atomic E-state index is 0. The van der Waals surface area contributed by atoms with Crippen molar-refractivity contribution >= 4 is 35.8 Å². The van der Waals surface area contributed by atoms with Crippen molar-refractivity contribution in [3.05, 3.63) is 35.4 Å². The first-order valence-electron chi connectivity index (χ1n) is 7.04. The molecule has 0 fully saturated rings. The van der Waals surface area contributed by atoms with Gasteiger partial charge in [-0.2, -0.15) is 0 Å². The lowest BCUT2D eigenvalue weighted by Gasteiger charge is -2.19. The van der Waals surface area contributed by atoms with Crippen LogP contribution in [0.2, 0.25) is 0 Å². The molecule has 118 valence electrons. The topological polar surface area (TPSA) is 70.7 Å². The third kappa shape index (κ3) is 6.33. The Morgan fingerprint density at radius 3 is 2.52 bits per heavy atom. The maximum atomic E-state index is 11.8. The van der Waals surface area contributed by atoms with E-state index in [1.165, 1.54) is 0 Å². The second-order valence-electron chi connectivity index (χ2n) is 4.41. The van der Waals surface area contributed by atoms with E-state index in [1.807, 2.05) is 43.9 Å². The molecule has 0 aliphatic carbocycles. The summed E-state index contributed by atoms with van der Waals surface area (Å²) in [4.78, 5) is 18.1. The molecule has 21 heavy (non-hydrogen) atoms. The molecule has 1 rings (SSSR count). The molecule has 1 aromatic rings. The molecular formula is C15H25IN4O. The number of nitrogens with zero attached hydrogens (tertiary/aromatic N) is 2. The Hall–Kier alpha value is -1.31. The summed E-state index contributed by atoms with van der Waals surface area (Å²) in [6.45, 7) is 8.77. The monoisotopic (exact) mass is 404 g/mol. The second kappa shape index (κ2) is 10.4. The van der Waals surface area contributed by atoms with E-state index in [-0.39, 0.29) is 29.9 Å². The number of amides is 1. The molecule has 1 amide bonds. The minimum Gasteiger partial charge on any atom is -0.370 e. The molecule has 0 atom stereocenters. The van der Waals surface area contributed by atoms with E-state index in [0.717, 1.165) is 18.7 Å². The van der Waals surface area contributed by atoms with E-state index in [1.54, 1.807) is 6.07 Å². The molecule has 1 aromatic carbocycles. The summed E-state index contributed by atoms with van der Waals surface area (Å²) in [5.41, 5.74) is 7.56. The zero-order valence-corrected chi connectivity index (χ0v) is 15.3. The SMILES string of the molecule is CCNC(=O)c1cccc(CN=C(N)N(CC)CC)c1.I. The molecule has 0 aromatic heterocycles. The van der Waals surface area contributed by atoms with Gasteiger partial charge in [0.2, 0.25) is 0 Å². The van der Waals surface area contributed by atoms with Crippen molar-refractivity contribution in [1.82, 2.24) is 10.2 Å². The summed E-state index contributed by atoms with van der Waals surface area (Å²) in [5.74, 6) is 0.480. The standard InChI is InChI=1S/C15H24N4O.HI/c1-4-17-14(20)13-9-7-8-12(10-13)11-18-15(16)19(5-2)6-3;/h7-10H,4-6,11H2,1-3H3,(H2,16,18)(H,17,20);1H. The lowest BCUT2D eigenvalue weighted by molar-refractivity contribution is 0.0955. The highest BCUT2D eigenvalue weighted by molar-refractivity contribution is 14.0. The van der Waals surface area contributed by atoms with Crippen LogP contribution in [-0.4, -0.2) is 36.4 Å². The minimum atomic E-state index is -0.0601. The van der Waals surface area contributed by atoms with Crippen LogP contribution >= 0.6 is 24.0 Å². The fourth-order valence-electron chi connectivity index (χ4n) is 1.89. The van der Waals surface area contributed by atoms with Gasteiger partial charge in [-0.3, -0.25) is 4.79 Å². The first-order chi connectivity index (χ1) is 9.62. The number of aliphatic imine (C=N–C) groups is 1. The number of benzene rings is 1. The van der Waals surface area contributed by atoms with Gasteiger partial charge in [0.25, 0.3) is 5.91 Å². The van der Waals surface area contributed by atoms with Crippen molar-refractivity contribution in [3.63, 3.8) is 0 Å². The van der Waals surface area contributed by atoms with E-state index in [0.29, 0.717) is 24.6 Å². The van der Waals surface area contributed by atoms with Gasteiger partial charge in [0.1, 0.15) is 0 Å². The Morgan fingerprint density at radius 1 is 1.29 bits per heavy atom. The quantitative estimate of drug-likeness (QED) is 0.434. The number of hydrogen-bond donors (Lipinski definition) is 2. The Kier molecular flexibility index (Phi) is 9.77. The number of guanidine groups is 1. The Labute approximate surface area is 144 Å². The highest BCUT2D eigenvalue weighted by atomic mass is 127. The number of halogens is 1. The highest BCUT2D eigenvalue weighted by Gasteiger charge is 2.05. The number of carbonyl (C=O) groups is 1. The van der Waals surface area contributed by atoms with Crippen LogP contribution in [0.1, 0.15) is 36.7 Å². The largest absolute Gasteiger partial charge is 0.370 e. The summed E-state index contributed by atoms with van der Waals surface area (Å²) in [5, 5.41) is 2.78. The Bertz CT molecular complexity index is 472. The van der Waals surface area contributed by atoms with E-state index in [4.69, 9.17) is 5.73 Å². The predicted octanol–water partition coefficient (Wildman–Crippen LogP) is 2.21. The van der Waals surface area contributed by atoms with Gasteiger partial charge < -0.3 is 16.0 Å². The molecule has 0 unspecified atom stereocenters. The molecule has 0 spiro atoms. The van der Waals surface area contributed by atoms with Crippen LogP contribution in [0.15, 0.2) is 29.3 Å². The Morgan fingerprint density at radius 2 is 1.95 bits per heavy atom. The highest BCUT2D eigenvalue weighted by Crippen LogP contribution is 2.07. The van der Waals surface area contributed by atoms with Crippen molar-refractivity contribution in [2.45, 2.75) is 27.3 Å². The molecule has 0 heterocycles. The fourth-order valence-corrected chi connectivity index (χ4v) is 1.89. The van der Waals surface area contributed by atoms with Gasteiger partial charge in [0, 0.05) is 25.2 Å². The molecular weight excluding hydrogens is 379 g/mol. The maximum absolute atomic E-state index is 11.8. The zero-order valence-electron chi connectivity index (χ0n) is 12.9. The van der Waals surface area contributed by atoms with Gasteiger partial charge in [0.05, 0.1) is 6.54 Å². The number of hydrogen-bond acceptors (Lipinski definition) is 2. The van der Waals surface area contributed by atoms with Gasteiger partial charge in [-0.1, -0.05) is 12.1 Å². The van der Waals surface area contributed by atoms with Gasteiger partial charge >= 0.3 is 0 Å². The van der Waals surface area contributed by atoms with E-state index >= 15 is 0 Å². The van der Waals surface area contributed by atoms with E-state index in [9.17, 15) is 4.79 Å². The van der Waals surface area contributed by atoms with Crippen molar-refractivity contribution in [3.8, 4) is 0 Å². The molecule has 0 saturated carbocycles. The van der Waals surface area contributed by atoms with Crippen molar-refractivity contribution in [2.75, 3.05) is 19.6 Å². The molecule has 3 N–H and O–H groups in total. The lowest BCUT2D eigenvalue weighted by atomic mass is 10.1. The van der Waals surface area contributed by atoms with Gasteiger partial charge in [0.15, 0.2) is 5.96 Å². The summed E-state index contributed by atoms with van der Waals surface area (Å²) >= 11 is 0. The third-order valence-corrected chi connectivity index (χ3v) is 3.04. The van der Waals surface area contributed by atoms with Crippen molar-refractivity contribution < 1.29 is 4.79 Å². The first kappa shape index (κ1) is 19.7. The van der Waals surface area contributed by atoms with E-state index < -0.39 is 0 Å². The van der Waals surface area contributed by atoms with Crippen LogP contribution in [-0.2, 0) is 6.54 Å². The first-order valence-corrected chi connectivity index (χ1v) is 7.04. The fraction of sp³-hybridized carbons (Fsp3) is 0.467. The van der Waals surface area contributed by atoms with Gasteiger partial charge in [-0.15, -0.1) is 24.0 Å². The van der Waals surface area contributed by atoms with Gasteiger partial charge in [-0.25, -0.2) is 4.99 Å². The smallest absolute Gasteiger partial charge is 0.251 e. The van der Waals surface area contributed by atoms with E-state index in [2.05, 4.69) is 10.3 Å². The zero-order chi connectivity index (χ0) is 15.0. The molecule has 0 saturated heterocycles. The second-order valence-corrected chi connectivity index (χ2v) is 4.41. The van der Waals surface area contributed by atoms with Crippen molar-refractivity contribution in [2.24, 2.45) is 10.7 Å². The van der Waals surface area contributed by atoms with Crippen LogP contribution in [0.3, 0.4) is 0 Å². The maximum Gasteiger partial charge on any atom is 0.251 e. The van der Waals surface area contributed by atoms with Crippen LogP contribution in [0.4, 0.5) is 0 Å².